The molecule has 0 radical (unpaired) electrons. The van der Waals surface area contributed by atoms with Crippen LogP contribution in [0.5, 0.6) is 0 Å². The Balaban J connectivity index is 1.76. The average Bonchev–Trinajstić information content (AvgIpc) is 2.94. The highest BCUT2D eigenvalue weighted by molar-refractivity contribution is 5.95. The molecule has 0 bridgehead atoms. The average molecular weight is 284 g/mol. The fraction of sp³-hybridized carbons (Fsp3) is 0.235. The van der Waals surface area contributed by atoms with Gasteiger partial charge in [0.25, 0.3) is 5.91 Å². The van der Waals surface area contributed by atoms with Crippen molar-refractivity contribution in [2.24, 2.45) is 0 Å². The molecule has 0 fully saturated rings. The third kappa shape index (κ3) is 2.75. The van der Waals surface area contributed by atoms with E-state index in [1.807, 2.05) is 18.2 Å². The van der Waals surface area contributed by atoms with E-state index in [9.17, 15) is 9.18 Å². The van der Waals surface area contributed by atoms with Crippen molar-refractivity contribution in [1.29, 1.82) is 0 Å². The molecule has 0 spiro atoms. The van der Waals surface area contributed by atoms with Crippen LogP contribution >= 0.6 is 0 Å². The molecule has 21 heavy (non-hydrogen) atoms. The van der Waals surface area contributed by atoms with Crippen molar-refractivity contribution >= 4 is 11.6 Å². The topological polar surface area (TPSA) is 41.1 Å². The summed E-state index contributed by atoms with van der Waals surface area (Å²) in [5, 5.41) is 6.09. The van der Waals surface area contributed by atoms with Gasteiger partial charge in [0.1, 0.15) is 5.82 Å². The Hall–Kier alpha value is -2.36. The van der Waals surface area contributed by atoms with E-state index < -0.39 is 0 Å². The van der Waals surface area contributed by atoms with Crippen molar-refractivity contribution in [1.82, 2.24) is 5.32 Å². The predicted molar refractivity (Wildman–Crippen MR) is 80.9 cm³/mol. The van der Waals surface area contributed by atoms with Crippen molar-refractivity contribution in [2.75, 3.05) is 11.9 Å². The van der Waals surface area contributed by atoms with E-state index in [0.29, 0.717) is 11.1 Å². The van der Waals surface area contributed by atoms with Crippen LogP contribution in [-0.4, -0.2) is 12.5 Å². The molecule has 108 valence electrons. The summed E-state index contributed by atoms with van der Waals surface area (Å²) in [6, 6.07) is 11.8. The minimum absolute atomic E-state index is 0.192. The zero-order valence-electron chi connectivity index (χ0n) is 11.8. The molecule has 3 nitrogen and oxygen atoms in total. The molecule has 1 aliphatic heterocycles. The Morgan fingerprint density at radius 1 is 1.29 bits per heavy atom. The lowest BCUT2D eigenvalue weighted by atomic mass is 10.1. The molecule has 1 heterocycles. The van der Waals surface area contributed by atoms with Gasteiger partial charge >= 0.3 is 0 Å². The van der Waals surface area contributed by atoms with Gasteiger partial charge in [-0.2, -0.15) is 0 Å². The van der Waals surface area contributed by atoms with Gasteiger partial charge in [-0.15, -0.1) is 0 Å². The van der Waals surface area contributed by atoms with Gasteiger partial charge in [0.15, 0.2) is 0 Å². The van der Waals surface area contributed by atoms with E-state index in [1.165, 1.54) is 11.6 Å². The zero-order chi connectivity index (χ0) is 14.8. The van der Waals surface area contributed by atoms with Crippen LogP contribution in [0.15, 0.2) is 42.5 Å². The number of carbonyl (C=O) groups is 1. The highest BCUT2D eigenvalue weighted by Gasteiger charge is 2.16. The van der Waals surface area contributed by atoms with E-state index >= 15 is 0 Å². The lowest BCUT2D eigenvalue weighted by Crippen LogP contribution is -2.27. The van der Waals surface area contributed by atoms with Crippen molar-refractivity contribution in [3.05, 3.63) is 65.0 Å². The number of amides is 1. The van der Waals surface area contributed by atoms with E-state index in [0.717, 1.165) is 18.7 Å². The molecule has 2 aromatic rings. The molecular formula is C17H17FN2O. The minimum atomic E-state index is -0.375. The lowest BCUT2D eigenvalue weighted by molar-refractivity contribution is 0.0939. The molecule has 1 aliphatic rings. The number of carbonyl (C=O) groups excluding carboxylic acids is 1. The maximum Gasteiger partial charge on any atom is 0.251 e. The summed E-state index contributed by atoms with van der Waals surface area (Å²) in [5.41, 5.74) is 3.33. The van der Waals surface area contributed by atoms with Crippen LogP contribution in [-0.2, 0) is 6.42 Å². The first-order valence-corrected chi connectivity index (χ1v) is 7.07. The number of rotatable bonds is 3. The van der Waals surface area contributed by atoms with Crippen LogP contribution in [0.3, 0.4) is 0 Å². The number of benzene rings is 2. The second-order valence-electron chi connectivity index (χ2n) is 5.27. The molecule has 2 N–H and O–H groups in total. The number of hydrogen-bond acceptors (Lipinski definition) is 2. The number of anilines is 1. The summed E-state index contributed by atoms with van der Waals surface area (Å²) in [5.74, 6) is -0.497. The first-order valence-electron chi connectivity index (χ1n) is 7.07. The monoisotopic (exact) mass is 284 g/mol. The normalized spacial score (nSPS) is 14.2. The molecule has 0 saturated heterocycles. The summed E-state index contributed by atoms with van der Waals surface area (Å²) < 4.78 is 13.7. The number of fused-ring (bicyclic) bond motifs is 1. The summed E-state index contributed by atoms with van der Waals surface area (Å²) in [4.78, 5) is 12.3. The van der Waals surface area contributed by atoms with E-state index in [1.54, 1.807) is 25.1 Å². The first kappa shape index (κ1) is 13.6. The number of halogens is 1. The molecule has 1 atom stereocenters. The Labute approximate surface area is 123 Å². The van der Waals surface area contributed by atoms with Crippen LogP contribution in [0.2, 0.25) is 0 Å². The van der Waals surface area contributed by atoms with Crippen LogP contribution < -0.4 is 10.6 Å². The van der Waals surface area contributed by atoms with Crippen molar-refractivity contribution < 1.29 is 9.18 Å². The van der Waals surface area contributed by atoms with Crippen LogP contribution in [0.1, 0.15) is 34.5 Å². The number of hydrogen-bond donors (Lipinski definition) is 2. The second kappa shape index (κ2) is 5.56. The van der Waals surface area contributed by atoms with Gasteiger partial charge in [0.05, 0.1) is 6.04 Å². The van der Waals surface area contributed by atoms with Crippen LogP contribution in [0.25, 0.3) is 0 Å². The molecule has 1 amide bonds. The van der Waals surface area contributed by atoms with E-state index in [4.69, 9.17) is 0 Å². The third-order valence-corrected chi connectivity index (χ3v) is 3.80. The molecule has 0 saturated carbocycles. The Bertz CT molecular complexity index is 684. The van der Waals surface area contributed by atoms with Gasteiger partial charge in [0, 0.05) is 23.4 Å². The Kier molecular flexibility index (Phi) is 3.60. The van der Waals surface area contributed by atoms with Gasteiger partial charge in [-0.3, -0.25) is 4.79 Å². The van der Waals surface area contributed by atoms with Gasteiger partial charge in [-0.25, -0.2) is 4.39 Å². The van der Waals surface area contributed by atoms with E-state index in [-0.39, 0.29) is 17.8 Å². The fourth-order valence-electron chi connectivity index (χ4n) is 2.62. The number of nitrogens with one attached hydrogen (secondary N) is 2. The van der Waals surface area contributed by atoms with E-state index in [2.05, 4.69) is 10.6 Å². The fourth-order valence-corrected chi connectivity index (χ4v) is 2.62. The zero-order valence-corrected chi connectivity index (χ0v) is 11.8. The first-order chi connectivity index (χ1) is 10.1. The summed E-state index contributed by atoms with van der Waals surface area (Å²) in [6.45, 7) is 2.69. The van der Waals surface area contributed by atoms with Crippen molar-refractivity contribution in [3.63, 3.8) is 0 Å². The molecule has 3 rings (SSSR count). The summed E-state index contributed by atoms with van der Waals surface area (Å²) >= 11 is 0. The van der Waals surface area contributed by atoms with Gasteiger partial charge < -0.3 is 10.6 Å². The maximum atomic E-state index is 13.7. The van der Waals surface area contributed by atoms with Crippen LogP contribution in [0.4, 0.5) is 10.1 Å². The molecule has 0 aliphatic carbocycles. The van der Waals surface area contributed by atoms with Crippen LogP contribution in [0, 0.1) is 5.82 Å². The molecule has 0 unspecified atom stereocenters. The Morgan fingerprint density at radius 3 is 2.90 bits per heavy atom. The minimum Gasteiger partial charge on any atom is -0.384 e. The predicted octanol–water partition coefficient (Wildman–Crippen LogP) is 3.28. The standard InChI is InChI=1S/C17H17FN2O/c1-11(14-4-2-3-5-15(14)18)20-17(21)13-7-6-12-8-9-19-16(12)10-13/h2-7,10-11,19H,8-9H2,1H3,(H,20,21)/t11-/m1/s1. The molecule has 2 aromatic carbocycles. The van der Waals surface area contributed by atoms with Gasteiger partial charge in [-0.05, 0) is 37.1 Å². The van der Waals surface area contributed by atoms with Gasteiger partial charge in [0.2, 0.25) is 0 Å². The Morgan fingerprint density at radius 2 is 2.10 bits per heavy atom. The SMILES string of the molecule is C[C@@H](NC(=O)c1ccc2c(c1)NCC2)c1ccccc1F. The second-order valence-corrected chi connectivity index (χ2v) is 5.27. The summed E-state index contributed by atoms with van der Waals surface area (Å²) in [6.07, 6.45) is 0.989. The molecular weight excluding hydrogens is 267 g/mol. The third-order valence-electron chi connectivity index (χ3n) is 3.80. The van der Waals surface area contributed by atoms with Crippen molar-refractivity contribution in [3.8, 4) is 0 Å². The molecule has 4 heteroatoms. The quantitative estimate of drug-likeness (QED) is 0.908. The maximum absolute atomic E-state index is 13.7. The highest BCUT2D eigenvalue weighted by Crippen LogP contribution is 2.24. The van der Waals surface area contributed by atoms with Crippen molar-refractivity contribution in [2.45, 2.75) is 19.4 Å². The summed E-state index contributed by atoms with van der Waals surface area (Å²) in [7, 11) is 0. The molecule has 0 aromatic heterocycles. The lowest BCUT2D eigenvalue weighted by Gasteiger charge is -2.15. The largest absolute Gasteiger partial charge is 0.384 e. The smallest absolute Gasteiger partial charge is 0.251 e. The highest BCUT2D eigenvalue weighted by atomic mass is 19.1. The van der Waals surface area contributed by atoms with Gasteiger partial charge in [-0.1, -0.05) is 24.3 Å².